The van der Waals surface area contributed by atoms with Gasteiger partial charge in [0, 0.05) is 18.6 Å². The molecule has 2 fully saturated rings. The SMILES string of the molecule is Cc1ccc(F)c(C(=O)N2CCCC2C2CCCN2C)c1. The van der Waals surface area contributed by atoms with Crippen molar-refractivity contribution in [3.63, 3.8) is 0 Å². The second kappa shape index (κ2) is 5.76. The van der Waals surface area contributed by atoms with E-state index in [4.69, 9.17) is 0 Å². The van der Waals surface area contributed by atoms with E-state index in [0.29, 0.717) is 6.04 Å². The molecular weight excluding hydrogens is 267 g/mol. The summed E-state index contributed by atoms with van der Waals surface area (Å²) in [6.07, 6.45) is 4.39. The smallest absolute Gasteiger partial charge is 0.257 e. The summed E-state index contributed by atoms with van der Waals surface area (Å²) in [5.41, 5.74) is 1.15. The quantitative estimate of drug-likeness (QED) is 0.836. The van der Waals surface area contributed by atoms with E-state index in [1.54, 1.807) is 12.1 Å². The van der Waals surface area contributed by atoms with Crippen molar-refractivity contribution >= 4 is 5.91 Å². The van der Waals surface area contributed by atoms with E-state index in [0.717, 1.165) is 37.9 Å². The lowest BCUT2D eigenvalue weighted by atomic mass is 10.0. The summed E-state index contributed by atoms with van der Waals surface area (Å²) < 4.78 is 14.0. The Bertz CT molecular complexity index is 546. The predicted octanol–water partition coefficient (Wildman–Crippen LogP) is 2.83. The Hall–Kier alpha value is -1.42. The number of hydrogen-bond acceptors (Lipinski definition) is 2. The third kappa shape index (κ3) is 2.69. The van der Waals surface area contributed by atoms with Crippen LogP contribution in [0.2, 0.25) is 0 Å². The van der Waals surface area contributed by atoms with Gasteiger partial charge in [-0.3, -0.25) is 4.79 Å². The summed E-state index contributed by atoms with van der Waals surface area (Å²) in [6, 6.07) is 5.45. The fourth-order valence-electron chi connectivity index (χ4n) is 3.82. The van der Waals surface area contributed by atoms with Crippen LogP contribution in [0.5, 0.6) is 0 Å². The predicted molar refractivity (Wildman–Crippen MR) is 80.8 cm³/mol. The summed E-state index contributed by atoms with van der Waals surface area (Å²) in [4.78, 5) is 17.0. The Kier molecular flexibility index (Phi) is 3.98. The van der Waals surface area contributed by atoms with Crippen molar-refractivity contribution in [3.05, 3.63) is 35.1 Å². The first-order chi connectivity index (χ1) is 10.1. The standard InChI is InChI=1S/C17H23FN2O/c1-12-7-8-14(18)13(11-12)17(21)20-10-4-6-16(20)15-5-3-9-19(15)2/h7-8,11,15-16H,3-6,9-10H2,1-2H3. The zero-order valence-corrected chi connectivity index (χ0v) is 12.8. The zero-order chi connectivity index (χ0) is 15.0. The molecule has 2 aliphatic rings. The molecule has 2 saturated heterocycles. The van der Waals surface area contributed by atoms with Crippen LogP contribution in [-0.2, 0) is 0 Å². The van der Waals surface area contributed by atoms with Crippen LogP contribution < -0.4 is 0 Å². The highest BCUT2D eigenvalue weighted by Crippen LogP contribution is 2.30. The van der Waals surface area contributed by atoms with E-state index in [1.165, 1.54) is 12.5 Å². The summed E-state index contributed by atoms with van der Waals surface area (Å²) in [5, 5.41) is 0. The number of likely N-dealkylation sites (tertiary alicyclic amines) is 2. The lowest BCUT2D eigenvalue weighted by molar-refractivity contribution is 0.0659. The number of carbonyl (C=O) groups excluding carboxylic acids is 1. The first-order valence-electron chi connectivity index (χ1n) is 7.85. The Morgan fingerprint density at radius 1 is 1.19 bits per heavy atom. The lowest BCUT2D eigenvalue weighted by Gasteiger charge is -2.33. The van der Waals surface area contributed by atoms with Gasteiger partial charge in [-0.2, -0.15) is 0 Å². The molecule has 21 heavy (non-hydrogen) atoms. The van der Waals surface area contributed by atoms with E-state index < -0.39 is 5.82 Å². The maximum absolute atomic E-state index is 14.0. The van der Waals surface area contributed by atoms with Gasteiger partial charge in [-0.25, -0.2) is 4.39 Å². The highest BCUT2D eigenvalue weighted by Gasteiger charge is 2.39. The van der Waals surface area contributed by atoms with Crippen LogP contribution in [0.15, 0.2) is 18.2 Å². The van der Waals surface area contributed by atoms with Gasteiger partial charge < -0.3 is 9.80 Å². The second-order valence-electron chi connectivity index (χ2n) is 6.38. The number of carbonyl (C=O) groups is 1. The van der Waals surface area contributed by atoms with Crippen molar-refractivity contribution in [2.45, 2.75) is 44.7 Å². The summed E-state index contributed by atoms with van der Waals surface area (Å²) in [7, 11) is 2.13. The van der Waals surface area contributed by atoms with Gasteiger partial charge in [0.2, 0.25) is 0 Å². The molecule has 0 N–H and O–H groups in total. The lowest BCUT2D eigenvalue weighted by Crippen LogP contribution is -2.47. The van der Waals surface area contributed by atoms with Gasteiger partial charge >= 0.3 is 0 Å². The van der Waals surface area contributed by atoms with Crippen molar-refractivity contribution in [1.82, 2.24) is 9.80 Å². The minimum atomic E-state index is -0.406. The van der Waals surface area contributed by atoms with Gasteiger partial charge in [0.15, 0.2) is 0 Å². The number of halogens is 1. The number of aryl methyl sites for hydroxylation is 1. The Morgan fingerprint density at radius 3 is 2.62 bits per heavy atom. The Labute approximate surface area is 125 Å². The number of hydrogen-bond donors (Lipinski definition) is 0. The Balaban J connectivity index is 1.84. The van der Waals surface area contributed by atoms with E-state index in [1.807, 2.05) is 11.8 Å². The highest BCUT2D eigenvalue weighted by molar-refractivity contribution is 5.95. The minimum Gasteiger partial charge on any atom is -0.334 e. The van der Waals surface area contributed by atoms with E-state index in [-0.39, 0.29) is 17.5 Å². The van der Waals surface area contributed by atoms with Crippen LogP contribution in [-0.4, -0.2) is 47.9 Å². The van der Waals surface area contributed by atoms with Crippen molar-refractivity contribution < 1.29 is 9.18 Å². The van der Waals surface area contributed by atoms with E-state index >= 15 is 0 Å². The van der Waals surface area contributed by atoms with E-state index in [9.17, 15) is 9.18 Å². The van der Waals surface area contributed by atoms with Crippen LogP contribution in [0, 0.1) is 12.7 Å². The van der Waals surface area contributed by atoms with Gasteiger partial charge in [-0.1, -0.05) is 11.6 Å². The average molecular weight is 290 g/mol. The van der Waals surface area contributed by atoms with Gasteiger partial charge in [-0.05, 0) is 58.3 Å². The summed E-state index contributed by atoms with van der Waals surface area (Å²) in [5.74, 6) is -0.546. The molecule has 2 heterocycles. The molecule has 0 radical (unpaired) electrons. The van der Waals surface area contributed by atoms with Crippen LogP contribution in [0.3, 0.4) is 0 Å². The molecule has 2 aliphatic heterocycles. The fourth-order valence-corrected chi connectivity index (χ4v) is 3.82. The van der Waals surface area contributed by atoms with Crippen LogP contribution in [0.25, 0.3) is 0 Å². The molecule has 0 aliphatic carbocycles. The maximum Gasteiger partial charge on any atom is 0.257 e. The molecular formula is C17H23FN2O. The molecule has 4 heteroatoms. The van der Waals surface area contributed by atoms with Crippen molar-refractivity contribution in [3.8, 4) is 0 Å². The molecule has 0 saturated carbocycles. The number of amides is 1. The summed E-state index contributed by atoms with van der Waals surface area (Å²) >= 11 is 0. The Morgan fingerprint density at radius 2 is 1.90 bits per heavy atom. The van der Waals surface area contributed by atoms with E-state index in [2.05, 4.69) is 11.9 Å². The molecule has 3 rings (SSSR count). The third-order valence-corrected chi connectivity index (χ3v) is 4.93. The molecule has 2 unspecified atom stereocenters. The van der Waals surface area contributed by atoms with Crippen molar-refractivity contribution in [2.24, 2.45) is 0 Å². The normalized spacial score (nSPS) is 26.5. The van der Waals surface area contributed by atoms with Gasteiger partial charge in [-0.15, -0.1) is 0 Å². The molecule has 0 spiro atoms. The molecule has 1 aromatic rings. The molecule has 0 bridgehead atoms. The van der Waals surface area contributed by atoms with Gasteiger partial charge in [0.25, 0.3) is 5.91 Å². The van der Waals surface area contributed by atoms with Crippen LogP contribution in [0.1, 0.15) is 41.6 Å². The molecule has 114 valence electrons. The van der Waals surface area contributed by atoms with Crippen LogP contribution in [0.4, 0.5) is 4.39 Å². The fraction of sp³-hybridized carbons (Fsp3) is 0.588. The summed E-state index contributed by atoms with van der Waals surface area (Å²) in [6.45, 7) is 3.74. The first-order valence-corrected chi connectivity index (χ1v) is 7.85. The van der Waals surface area contributed by atoms with Gasteiger partial charge in [0.1, 0.15) is 5.82 Å². The first kappa shape index (κ1) is 14.5. The number of nitrogens with zero attached hydrogens (tertiary/aromatic N) is 2. The average Bonchev–Trinajstić information content (AvgIpc) is 3.08. The third-order valence-electron chi connectivity index (χ3n) is 4.93. The van der Waals surface area contributed by atoms with Crippen LogP contribution >= 0.6 is 0 Å². The van der Waals surface area contributed by atoms with Crippen molar-refractivity contribution in [2.75, 3.05) is 20.1 Å². The maximum atomic E-state index is 14.0. The van der Waals surface area contributed by atoms with Gasteiger partial charge in [0.05, 0.1) is 5.56 Å². The molecule has 1 amide bonds. The number of benzene rings is 1. The number of likely N-dealkylation sites (N-methyl/N-ethyl adjacent to an activating group) is 1. The molecule has 2 atom stereocenters. The second-order valence-corrected chi connectivity index (χ2v) is 6.38. The largest absolute Gasteiger partial charge is 0.334 e. The number of rotatable bonds is 2. The zero-order valence-electron chi connectivity index (χ0n) is 12.8. The monoisotopic (exact) mass is 290 g/mol. The topological polar surface area (TPSA) is 23.6 Å². The minimum absolute atomic E-state index is 0.140. The molecule has 3 nitrogen and oxygen atoms in total. The molecule has 0 aromatic heterocycles. The highest BCUT2D eigenvalue weighted by atomic mass is 19.1. The molecule has 1 aromatic carbocycles. The van der Waals surface area contributed by atoms with Crippen molar-refractivity contribution in [1.29, 1.82) is 0 Å².